The number of esters is 1. The summed E-state index contributed by atoms with van der Waals surface area (Å²) in [5, 5.41) is 1.53. The zero-order valence-electron chi connectivity index (χ0n) is 21.6. The molecule has 0 spiro atoms. The van der Waals surface area contributed by atoms with E-state index in [1.165, 1.54) is 6.92 Å². The number of unbranched alkanes of at least 4 members (excludes halogenated alkanes) is 3. The Balaban J connectivity index is 2.39. The molecule has 35 heavy (non-hydrogen) atoms. The van der Waals surface area contributed by atoms with Crippen molar-refractivity contribution in [2.24, 2.45) is 0 Å². The van der Waals surface area contributed by atoms with Gasteiger partial charge in [0.05, 0.1) is 25.2 Å². The minimum atomic E-state index is -0.442. The fourth-order valence-electron chi connectivity index (χ4n) is 3.53. The van der Waals surface area contributed by atoms with Crippen LogP contribution in [0, 0.1) is 0 Å². The number of fused-ring (bicyclic) bond motifs is 1. The van der Waals surface area contributed by atoms with Gasteiger partial charge in [0.25, 0.3) is 0 Å². The second-order valence-corrected chi connectivity index (χ2v) is 8.13. The van der Waals surface area contributed by atoms with Crippen LogP contribution in [0.2, 0.25) is 0 Å². The van der Waals surface area contributed by atoms with Crippen LogP contribution in [-0.4, -0.2) is 66.9 Å². The molecular weight excluding hydrogens is 452 g/mol. The number of carbonyl (C=O) groups excluding carboxylic acids is 1. The highest BCUT2D eigenvalue weighted by molar-refractivity contribution is 5.99. The second-order valence-electron chi connectivity index (χ2n) is 8.13. The number of ether oxygens (including phenoxy) is 7. The van der Waals surface area contributed by atoms with Gasteiger partial charge in [0.2, 0.25) is 5.75 Å². The maximum Gasteiger partial charge on any atom is 0.308 e. The van der Waals surface area contributed by atoms with Gasteiger partial charge in [0.15, 0.2) is 11.5 Å². The maximum absolute atomic E-state index is 12.1. The lowest BCUT2D eigenvalue weighted by Crippen LogP contribution is -2.09. The van der Waals surface area contributed by atoms with Crippen molar-refractivity contribution < 1.29 is 38.0 Å². The van der Waals surface area contributed by atoms with Gasteiger partial charge >= 0.3 is 5.97 Å². The first-order valence-electron chi connectivity index (χ1n) is 12.3. The van der Waals surface area contributed by atoms with Crippen LogP contribution in [-0.2, 0) is 19.0 Å². The lowest BCUT2D eigenvalue weighted by atomic mass is 10.1. The predicted octanol–water partition coefficient (Wildman–Crippen LogP) is 5.18. The van der Waals surface area contributed by atoms with Gasteiger partial charge in [0.1, 0.15) is 5.75 Å². The van der Waals surface area contributed by atoms with Crippen LogP contribution in [0.5, 0.6) is 23.0 Å². The minimum absolute atomic E-state index is 0.320. The summed E-state index contributed by atoms with van der Waals surface area (Å²) in [5.74, 6) is 1.46. The van der Waals surface area contributed by atoms with Crippen molar-refractivity contribution in [3.05, 3.63) is 24.3 Å². The molecule has 0 bridgehead atoms. The van der Waals surface area contributed by atoms with Gasteiger partial charge in [-0.1, -0.05) is 12.1 Å². The molecule has 0 unspecified atom stereocenters. The highest BCUT2D eigenvalue weighted by Crippen LogP contribution is 2.47. The Morgan fingerprint density at radius 1 is 0.657 bits per heavy atom. The Labute approximate surface area is 208 Å². The number of methoxy groups -OCH3 is 3. The number of carbonyl (C=O) groups is 1. The van der Waals surface area contributed by atoms with Crippen molar-refractivity contribution in [2.75, 3.05) is 61.0 Å². The first-order valence-corrected chi connectivity index (χ1v) is 12.3. The molecule has 0 aliphatic rings. The van der Waals surface area contributed by atoms with Crippen LogP contribution in [0.15, 0.2) is 24.3 Å². The summed E-state index contributed by atoms with van der Waals surface area (Å²) in [6, 6.07) is 7.65. The average molecular weight is 493 g/mol. The molecule has 0 aliphatic heterocycles. The van der Waals surface area contributed by atoms with E-state index in [9.17, 15) is 4.79 Å². The number of hydrogen-bond acceptors (Lipinski definition) is 8. The molecule has 0 heterocycles. The molecule has 196 valence electrons. The normalized spacial score (nSPS) is 11.0. The Hall–Kier alpha value is -2.55. The van der Waals surface area contributed by atoms with E-state index in [0.29, 0.717) is 68.0 Å². The van der Waals surface area contributed by atoms with Gasteiger partial charge in [-0.25, -0.2) is 0 Å². The van der Waals surface area contributed by atoms with Crippen molar-refractivity contribution in [3.8, 4) is 23.0 Å². The van der Waals surface area contributed by atoms with Crippen molar-refractivity contribution in [1.29, 1.82) is 0 Å². The molecule has 0 N–H and O–H groups in total. The maximum atomic E-state index is 12.1. The first-order chi connectivity index (χ1) is 17.1. The van der Waals surface area contributed by atoms with E-state index in [0.717, 1.165) is 43.9 Å². The van der Waals surface area contributed by atoms with Crippen LogP contribution >= 0.6 is 0 Å². The number of rotatable bonds is 19. The van der Waals surface area contributed by atoms with Gasteiger partial charge in [-0.3, -0.25) is 4.79 Å². The molecule has 0 aliphatic carbocycles. The highest BCUT2D eigenvalue weighted by Gasteiger charge is 2.22. The van der Waals surface area contributed by atoms with Gasteiger partial charge < -0.3 is 33.2 Å². The fraction of sp³-hybridized carbons (Fsp3) is 0.593. The molecular formula is C27H40O8. The van der Waals surface area contributed by atoms with Crippen LogP contribution < -0.4 is 18.9 Å². The van der Waals surface area contributed by atoms with E-state index in [1.807, 2.05) is 24.3 Å². The molecule has 2 aromatic carbocycles. The molecule has 8 nitrogen and oxygen atoms in total. The summed E-state index contributed by atoms with van der Waals surface area (Å²) in [7, 11) is 5.04. The Morgan fingerprint density at radius 2 is 1.17 bits per heavy atom. The Bertz CT molecular complexity index is 883. The van der Waals surface area contributed by atoms with E-state index < -0.39 is 5.97 Å². The fourth-order valence-corrected chi connectivity index (χ4v) is 3.53. The largest absolute Gasteiger partial charge is 0.493 e. The SMILES string of the molecule is COCCCCOc1cc2cccc(OCCCCOC)c2c(OC(C)=O)c1OCCCCOC. The molecule has 0 saturated heterocycles. The quantitative estimate of drug-likeness (QED) is 0.151. The molecule has 0 atom stereocenters. The summed E-state index contributed by atoms with van der Waals surface area (Å²) >= 11 is 0. The first kappa shape index (κ1) is 28.7. The molecule has 8 heteroatoms. The highest BCUT2D eigenvalue weighted by atomic mass is 16.6. The van der Waals surface area contributed by atoms with Gasteiger partial charge in [-0.15, -0.1) is 0 Å². The molecule has 0 fully saturated rings. The summed E-state index contributed by atoms with van der Waals surface area (Å²) in [4.78, 5) is 12.1. The van der Waals surface area contributed by atoms with Crippen molar-refractivity contribution >= 4 is 16.7 Å². The monoisotopic (exact) mass is 492 g/mol. The number of hydrogen-bond donors (Lipinski definition) is 0. The molecule has 2 aromatic rings. The van der Waals surface area contributed by atoms with Crippen molar-refractivity contribution in [2.45, 2.75) is 45.4 Å². The molecule has 0 aromatic heterocycles. The number of benzene rings is 2. The molecule has 2 rings (SSSR count). The minimum Gasteiger partial charge on any atom is -0.493 e. The standard InChI is InChI=1S/C27H40O8/c1-21(28)35-27-25-22(12-11-13-23(25)32-17-8-5-14-29-2)20-24(33-18-9-6-15-30-3)26(27)34-19-10-7-16-31-4/h11-13,20H,5-10,14-19H2,1-4H3. The summed E-state index contributed by atoms with van der Waals surface area (Å²) in [6.45, 7) is 4.83. The van der Waals surface area contributed by atoms with Crippen molar-refractivity contribution in [1.82, 2.24) is 0 Å². The topological polar surface area (TPSA) is 81.7 Å². The lowest BCUT2D eigenvalue weighted by molar-refractivity contribution is -0.131. The third-order valence-corrected chi connectivity index (χ3v) is 5.24. The van der Waals surface area contributed by atoms with Crippen molar-refractivity contribution in [3.63, 3.8) is 0 Å². The van der Waals surface area contributed by atoms with Gasteiger partial charge in [0, 0.05) is 48.1 Å². The summed E-state index contributed by atoms with van der Waals surface area (Å²) < 4.78 is 39.4. The Morgan fingerprint density at radius 3 is 1.71 bits per heavy atom. The molecule has 0 saturated carbocycles. The third kappa shape index (κ3) is 9.92. The van der Waals surface area contributed by atoms with Gasteiger partial charge in [-0.05, 0) is 56.0 Å². The van der Waals surface area contributed by atoms with Gasteiger partial charge in [-0.2, -0.15) is 0 Å². The Kier molecular flexibility index (Phi) is 13.9. The van der Waals surface area contributed by atoms with E-state index in [4.69, 9.17) is 33.2 Å². The predicted molar refractivity (Wildman–Crippen MR) is 135 cm³/mol. The molecule has 0 radical (unpaired) electrons. The van der Waals surface area contributed by atoms with Crippen LogP contribution in [0.3, 0.4) is 0 Å². The second kappa shape index (κ2) is 17.0. The molecule has 0 amide bonds. The zero-order valence-corrected chi connectivity index (χ0v) is 21.6. The average Bonchev–Trinajstić information content (AvgIpc) is 2.84. The van der Waals surface area contributed by atoms with Crippen LogP contribution in [0.25, 0.3) is 10.8 Å². The smallest absolute Gasteiger partial charge is 0.308 e. The van der Waals surface area contributed by atoms with Crippen LogP contribution in [0.1, 0.15) is 45.4 Å². The summed E-state index contributed by atoms with van der Waals surface area (Å²) in [6.07, 6.45) is 5.10. The lowest BCUT2D eigenvalue weighted by Gasteiger charge is -2.20. The van der Waals surface area contributed by atoms with E-state index in [1.54, 1.807) is 21.3 Å². The van der Waals surface area contributed by atoms with Crippen LogP contribution in [0.4, 0.5) is 0 Å². The summed E-state index contributed by atoms with van der Waals surface area (Å²) in [5.41, 5.74) is 0. The van der Waals surface area contributed by atoms with E-state index in [-0.39, 0.29) is 0 Å². The zero-order chi connectivity index (χ0) is 25.3. The van der Waals surface area contributed by atoms with E-state index in [2.05, 4.69) is 0 Å². The third-order valence-electron chi connectivity index (χ3n) is 5.24. The van der Waals surface area contributed by atoms with E-state index >= 15 is 0 Å².